The first-order valence-corrected chi connectivity index (χ1v) is 14.0. The normalized spacial score (nSPS) is 11.8. The van der Waals surface area contributed by atoms with Gasteiger partial charge >= 0.3 is 0 Å². The summed E-state index contributed by atoms with van der Waals surface area (Å²) in [5, 5.41) is 6.52. The summed E-state index contributed by atoms with van der Waals surface area (Å²) in [4.78, 5) is 14.8. The molecule has 0 amide bonds. The SMILES string of the molecule is c1ccc(-c2cc(-n3c4ccccc4c4c5ccncc5c5oc6ccccc6c5c43)nc(-c3ccccc3)n2)cc1. The van der Waals surface area contributed by atoms with Crippen molar-refractivity contribution in [2.75, 3.05) is 0 Å². The van der Waals surface area contributed by atoms with Gasteiger partial charge in [-0.1, -0.05) is 97.1 Å². The van der Waals surface area contributed by atoms with Crippen molar-refractivity contribution in [1.82, 2.24) is 19.5 Å². The lowest BCUT2D eigenvalue weighted by Crippen LogP contribution is -2.02. The van der Waals surface area contributed by atoms with Gasteiger partial charge in [0.05, 0.1) is 22.1 Å². The van der Waals surface area contributed by atoms with E-state index in [0.717, 1.165) is 77.2 Å². The highest BCUT2D eigenvalue weighted by molar-refractivity contribution is 6.35. The van der Waals surface area contributed by atoms with E-state index < -0.39 is 0 Å². The predicted molar refractivity (Wildman–Crippen MR) is 170 cm³/mol. The number of benzene rings is 5. The van der Waals surface area contributed by atoms with Crippen molar-refractivity contribution in [2.45, 2.75) is 0 Å². The van der Waals surface area contributed by atoms with E-state index in [9.17, 15) is 0 Å². The summed E-state index contributed by atoms with van der Waals surface area (Å²) in [5.41, 5.74) is 6.67. The van der Waals surface area contributed by atoms with Gasteiger partial charge in [0, 0.05) is 51.1 Å². The molecule has 0 radical (unpaired) electrons. The van der Waals surface area contributed by atoms with Crippen molar-refractivity contribution in [2.24, 2.45) is 0 Å². The number of nitrogens with zero attached hydrogens (tertiary/aromatic N) is 4. The molecule has 5 heteroatoms. The summed E-state index contributed by atoms with van der Waals surface area (Å²) in [7, 11) is 0. The summed E-state index contributed by atoms with van der Waals surface area (Å²) in [6.07, 6.45) is 3.77. The molecule has 4 heterocycles. The van der Waals surface area contributed by atoms with Crippen molar-refractivity contribution in [3.63, 3.8) is 0 Å². The van der Waals surface area contributed by atoms with E-state index in [1.807, 2.05) is 60.9 Å². The van der Waals surface area contributed by atoms with Crippen LogP contribution in [0.3, 0.4) is 0 Å². The number of para-hydroxylation sites is 2. The number of fused-ring (bicyclic) bond motifs is 10. The third-order valence-electron chi connectivity index (χ3n) is 8.09. The molecule has 0 saturated heterocycles. The Labute approximate surface area is 240 Å². The monoisotopic (exact) mass is 538 g/mol. The predicted octanol–water partition coefficient (Wildman–Crippen LogP) is 9.36. The molecule has 0 aliphatic heterocycles. The first-order chi connectivity index (χ1) is 20.8. The number of pyridine rings is 1. The number of hydrogen-bond acceptors (Lipinski definition) is 4. The van der Waals surface area contributed by atoms with Crippen LogP contribution in [0.2, 0.25) is 0 Å². The quantitative estimate of drug-likeness (QED) is 0.225. The van der Waals surface area contributed by atoms with Crippen LogP contribution < -0.4 is 0 Å². The van der Waals surface area contributed by atoms with Crippen molar-refractivity contribution in [1.29, 1.82) is 0 Å². The zero-order valence-electron chi connectivity index (χ0n) is 22.4. The lowest BCUT2D eigenvalue weighted by molar-refractivity contribution is 0.672. The van der Waals surface area contributed by atoms with E-state index in [0.29, 0.717) is 5.82 Å². The highest BCUT2D eigenvalue weighted by Gasteiger charge is 2.24. The number of rotatable bonds is 3. The van der Waals surface area contributed by atoms with Gasteiger partial charge in [0.2, 0.25) is 0 Å². The minimum absolute atomic E-state index is 0.677. The molecular weight excluding hydrogens is 516 g/mol. The highest BCUT2D eigenvalue weighted by atomic mass is 16.3. The first kappa shape index (κ1) is 22.9. The zero-order chi connectivity index (χ0) is 27.6. The molecule has 4 aromatic heterocycles. The summed E-state index contributed by atoms with van der Waals surface area (Å²) in [6, 6.07) is 41.4. The van der Waals surface area contributed by atoms with Crippen molar-refractivity contribution < 1.29 is 4.42 Å². The lowest BCUT2D eigenvalue weighted by atomic mass is 10.0. The van der Waals surface area contributed by atoms with E-state index >= 15 is 0 Å². The summed E-state index contributed by atoms with van der Waals surface area (Å²) in [6.45, 7) is 0. The second-order valence-corrected chi connectivity index (χ2v) is 10.5. The Balaban J connectivity index is 1.51. The van der Waals surface area contributed by atoms with Crippen LogP contribution in [0.1, 0.15) is 0 Å². The molecule has 5 aromatic carbocycles. The van der Waals surface area contributed by atoms with E-state index in [-0.39, 0.29) is 0 Å². The first-order valence-electron chi connectivity index (χ1n) is 14.0. The summed E-state index contributed by atoms with van der Waals surface area (Å²) < 4.78 is 8.85. The van der Waals surface area contributed by atoms with E-state index in [1.54, 1.807) is 0 Å². The Morgan fingerprint density at radius 3 is 2.12 bits per heavy atom. The third kappa shape index (κ3) is 3.28. The van der Waals surface area contributed by atoms with Crippen LogP contribution in [-0.2, 0) is 0 Å². The molecule has 42 heavy (non-hydrogen) atoms. The molecule has 0 aliphatic carbocycles. The minimum Gasteiger partial charge on any atom is -0.455 e. The molecule has 9 aromatic rings. The van der Waals surface area contributed by atoms with Gasteiger partial charge in [0.1, 0.15) is 17.0 Å². The van der Waals surface area contributed by atoms with Crippen molar-refractivity contribution >= 4 is 54.5 Å². The fraction of sp³-hybridized carbons (Fsp3) is 0. The Kier molecular flexibility index (Phi) is 4.83. The van der Waals surface area contributed by atoms with E-state index in [2.05, 4.69) is 82.3 Å². The largest absolute Gasteiger partial charge is 0.455 e. The van der Waals surface area contributed by atoms with Crippen LogP contribution in [0, 0.1) is 0 Å². The second kappa shape index (κ2) is 8.85. The zero-order valence-corrected chi connectivity index (χ0v) is 22.4. The molecule has 0 saturated carbocycles. The fourth-order valence-corrected chi connectivity index (χ4v) is 6.27. The van der Waals surface area contributed by atoms with Crippen LogP contribution in [0.25, 0.3) is 83.0 Å². The minimum atomic E-state index is 0.677. The Bertz CT molecular complexity index is 2400. The smallest absolute Gasteiger partial charge is 0.162 e. The van der Waals surface area contributed by atoms with Gasteiger partial charge in [-0.2, -0.15) is 0 Å². The van der Waals surface area contributed by atoms with Gasteiger partial charge in [-0.25, -0.2) is 9.97 Å². The van der Waals surface area contributed by atoms with Gasteiger partial charge in [-0.3, -0.25) is 9.55 Å². The molecular formula is C37H22N4O. The summed E-state index contributed by atoms with van der Waals surface area (Å²) in [5.74, 6) is 1.48. The van der Waals surface area contributed by atoms with Crippen molar-refractivity contribution in [3.05, 3.63) is 134 Å². The Morgan fingerprint density at radius 1 is 0.571 bits per heavy atom. The van der Waals surface area contributed by atoms with Gasteiger partial charge in [-0.05, 0) is 23.6 Å². The molecule has 0 aliphatic rings. The number of aromatic nitrogens is 4. The van der Waals surface area contributed by atoms with Crippen LogP contribution >= 0.6 is 0 Å². The van der Waals surface area contributed by atoms with Crippen LogP contribution in [-0.4, -0.2) is 19.5 Å². The molecule has 0 N–H and O–H groups in total. The van der Waals surface area contributed by atoms with Crippen molar-refractivity contribution in [3.8, 4) is 28.5 Å². The van der Waals surface area contributed by atoms with Gasteiger partial charge in [-0.15, -0.1) is 0 Å². The molecule has 196 valence electrons. The van der Waals surface area contributed by atoms with Crippen LogP contribution in [0.4, 0.5) is 0 Å². The van der Waals surface area contributed by atoms with Gasteiger partial charge in [0.25, 0.3) is 0 Å². The maximum absolute atomic E-state index is 6.56. The van der Waals surface area contributed by atoms with Crippen LogP contribution in [0.15, 0.2) is 138 Å². The molecule has 0 atom stereocenters. The molecule has 0 spiro atoms. The Morgan fingerprint density at radius 2 is 1.29 bits per heavy atom. The highest BCUT2D eigenvalue weighted by Crippen LogP contribution is 2.45. The maximum Gasteiger partial charge on any atom is 0.162 e. The summed E-state index contributed by atoms with van der Waals surface area (Å²) >= 11 is 0. The number of furan rings is 1. The molecule has 0 unspecified atom stereocenters. The second-order valence-electron chi connectivity index (χ2n) is 10.5. The van der Waals surface area contributed by atoms with Crippen LogP contribution in [0.5, 0.6) is 0 Å². The maximum atomic E-state index is 6.56. The van der Waals surface area contributed by atoms with Gasteiger partial charge in [0.15, 0.2) is 5.82 Å². The average Bonchev–Trinajstić information content (AvgIpc) is 3.62. The molecule has 5 nitrogen and oxygen atoms in total. The van der Waals surface area contributed by atoms with E-state index in [1.165, 1.54) is 0 Å². The van der Waals surface area contributed by atoms with Gasteiger partial charge < -0.3 is 4.42 Å². The fourth-order valence-electron chi connectivity index (χ4n) is 6.27. The third-order valence-corrected chi connectivity index (χ3v) is 8.09. The Hall–Kier alpha value is -5.81. The topological polar surface area (TPSA) is 56.7 Å². The van der Waals surface area contributed by atoms with E-state index in [4.69, 9.17) is 14.4 Å². The number of hydrogen-bond donors (Lipinski definition) is 0. The molecule has 0 fully saturated rings. The molecule has 0 bridgehead atoms. The average molecular weight is 539 g/mol. The standard InChI is InChI=1S/C37H22N4O/c1-3-11-23(12-4-1)29-21-32(40-37(39-29)24-13-5-2-6-14-24)41-30-17-9-7-15-26(30)33-25-19-20-38-22-28(25)36-34(35(33)41)27-16-8-10-18-31(27)42-36/h1-22H. The lowest BCUT2D eigenvalue weighted by Gasteiger charge is -2.13. The molecule has 9 rings (SSSR count).